The van der Waals surface area contributed by atoms with Crippen molar-refractivity contribution in [3.8, 4) is 0 Å². The van der Waals surface area contributed by atoms with Gasteiger partial charge < -0.3 is 33.5 Å². The molecule has 4 fully saturated rings. The summed E-state index contributed by atoms with van der Waals surface area (Å²) in [6.07, 6.45) is 22.6. The molecule has 5 rings (SSSR count). The Hall–Kier alpha value is -1.11. The molecule has 258 valence electrons. The molecular weight excluding hydrogens is 672 g/mol. The Labute approximate surface area is 287 Å². The summed E-state index contributed by atoms with van der Waals surface area (Å²) in [5.74, 6) is -0.453. The summed E-state index contributed by atoms with van der Waals surface area (Å²) in [5.41, 5.74) is 0. The Balaban J connectivity index is 1.34. The third-order valence-corrected chi connectivity index (χ3v) is 11.1. The first kappa shape index (κ1) is 36.2. The van der Waals surface area contributed by atoms with Crippen molar-refractivity contribution in [2.45, 2.75) is 140 Å². The Bertz CT molecular complexity index is 1080. The molecule has 0 aromatic carbocycles. The highest BCUT2D eigenvalue weighted by Crippen LogP contribution is 2.42. The van der Waals surface area contributed by atoms with Gasteiger partial charge in [-0.05, 0) is 124 Å². The highest BCUT2D eigenvalue weighted by Gasteiger charge is 2.45. The fourth-order valence-corrected chi connectivity index (χ4v) is 8.48. The second-order valence-corrected chi connectivity index (χ2v) is 15.6. The van der Waals surface area contributed by atoms with E-state index in [0.29, 0.717) is 6.42 Å². The third-order valence-electron chi connectivity index (χ3n) is 9.45. The summed E-state index contributed by atoms with van der Waals surface area (Å²) in [4.78, 5) is 12.3. The Kier molecular flexibility index (Phi) is 15.6. The van der Waals surface area contributed by atoms with Crippen molar-refractivity contribution >= 4 is 33.2 Å². The van der Waals surface area contributed by atoms with Crippen molar-refractivity contribution in [2.75, 3.05) is 19.8 Å². The van der Waals surface area contributed by atoms with Crippen molar-refractivity contribution in [3.05, 3.63) is 45.1 Å². The molecule has 10 heteroatoms. The van der Waals surface area contributed by atoms with Gasteiger partial charge in [0.2, 0.25) is 0 Å². The topological polar surface area (TPSA) is 92.7 Å². The van der Waals surface area contributed by atoms with Crippen molar-refractivity contribution in [1.29, 1.82) is 0 Å². The predicted octanol–water partition coefficient (Wildman–Crippen LogP) is 8.57. The molecule has 1 aliphatic carbocycles. The number of hydrogen-bond donors (Lipinski definition) is 1. The van der Waals surface area contributed by atoms with Crippen LogP contribution in [0.4, 0.5) is 0 Å². The van der Waals surface area contributed by atoms with Crippen LogP contribution < -0.4 is 0 Å². The first-order valence-electron chi connectivity index (χ1n) is 17.6. The fraction of sp³-hybridized carbons (Fsp3) is 0.750. The van der Waals surface area contributed by atoms with Crippen molar-refractivity contribution in [1.82, 2.24) is 0 Å². The van der Waals surface area contributed by atoms with Crippen LogP contribution in [0.25, 0.3) is 0 Å². The van der Waals surface area contributed by atoms with Gasteiger partial charge in [0, 0.05) is 43.5 Å². The molecular formula is C36H53BrO8S. The first-order chi connectivity index (χ1) is 22.5. The molecule has 8 nitrogen and oxygen atoms in total. The SMILES string of the molecule is O=C(O)CCCC=CC[C@@H]1[C@@H](C=CC(CCc2ccc(Br)s2)O[C@H]2CCCCO2)[C@H](OC2CCCCO2)C[C@@H]1OC1CCCCO1. The Morgan fingerprint density at radius 1 is 0.935 bits per heavy atom. The summed E-state index contributed by atoms with van der Waals surface area (Å²) in [6, 6.07) is 4.30. The molecule has 4 heterocycles. The van der Waals surface area contributed by atoms with Gasteiger partial charge in [0.15, 0.2) is 18.9 Å². The number of allylic oxidation sites excluding steroid dienone is 2. The van der Waals surface area contributed by atoms with Crippen molar-refractivity contribution < 1.29 is 38.3 Å². The van der Waals surface area contributed by atoms with E-state index in [9.17, 15) is 4.79 Å². The molecule has 3 aliphatic heterocycles. The number of rotatable bonds is 17. The van der Waals surface area contributed by atoms with E-state index in [0.717, 1.165) is 113 Å². The van der Waals surface area contributed by atoms with Crippen LogP contribution in [-0.2, 0) is 39.6 Å². The molecule has 3 unspecified atom stereocenters. The Morgan fingerprint density at radius 3 is 2.22 bits per heavy atom. The van der Waals surface area contributed by atoms with E-state index in [1.165, 1.54) is 4.88 Å². The maximum Gasteiger partial charge on any atom is 0.303 e. The van der Waals surface area contributed by atoms with E-state index < -0.39 is 5.97 Å². The zero-order chi connectivity index (χ0) is 32.0. The largest absolute Gasteiger partial charge is 0.481 e. The van der Waals surface area contributed by atoms with E-state index in [2.05, 4.69) is 52.4 Å². The zero-order valence-electron chi connectivity index (χ0n) is 27.1. The minimum Gasteiger partial charge on any atom is -0.481 e. The lowest BCUT2D eigenvalue weighted by Gasteiger charge is -2.30. The van der Waals surface area contributed by atoms with Crippen LogP contribution >= 0.6 is 27.3 Å². The minimum atomic E-state index is -0.748. The lowest BCUT2D eigenvalue weighted by Crippen LogP contribution is -2.31. The second kappa shape index (κ2) is 19.8. The lowest BCUT2D eigenvalue weighted by atomic mass is 9.89. The molecule has 0 bridgehead atoms. The average Bonchev–Trinajstić information content (AvgIpc) is 3.63. The summed E-state index contributed by atoms with van der Waals surface area (Å²) in [6.45, 7) is 2.24. The van der Waals surface area contributed by atoms with Crippen LogP contribution in [0, 0.1) is 11.8 Å². The van der Waals surface area contributed by atoms with Gasteiger partial charge in [0.1, 0.15) is 0 Å². The van der Waals surface area contributed by atoms with Gasteiger partial charge in [-0.25, -0.2) is 0 Å². The molecule has 1 N–H and O–H groups in total. The number of carboxylic acids is 1. The third kappa shape index (κ3) is 12.1. The maximum atomic E-state index is 11.0. The summed E-state index contributed by atoms with van der Waals surface area (Å²) >= 11 is 5.38. The second-order valence-electron chi connectivity index (χ2n) is 13.0. The molecule has 1 saturated carbocycles. The van der Waals surface area contributed by atoms with Gasteiger partial charge in [0.25, 0.3) is 0 Å². The van der Waals surface area contributed by atoms with Crippen LogP contribution in [0.2, 0.25) is 0 Å². The minimum absolute atomic E-state index is 0.0143. The number of aryl methyl sites for hydroxylation is 1. The number of carboxylic acid groups (broad SMARTS) is 1. The van der Waals surface area contributed by atoms with Gasteiger partial charge in [-0.15, -0.1) is 11.3 Å². The number of halogens is 1. The molecule has 1 aromatic heterocycles. The molecule has 0 amide bonds. The highest BCUT2D eigenvalue weighted by atomic mass is 79.9. The first-order valence-corrected chi connectivity index (χ1v) is 19.2. The highest BCUT2D eigenvalue weighted by molar-refractivity contribution is 9.11. The lowest BCUT2D eigenvalue weighted by molar-refractivity contribution is -0.203. The van der Waals surface area contributed by atoms with Crippen LogP contribution in [-0.4, -0.2) is 68.1 Å². The van der Waals surface area contributed by atoms with Gasteiger partial charge in [-0.3, -0.25) is 4.79 Å². The smallest absolute Gasteiger partial charge is 0.303 e. The molecule has 4 aliphatic rings. The average molecular weight is 726 g/mol. The van der Waals surface area contributed by atoms with E-state index in [1.54, 1.807) is 11.3 Å². The van der Waals surface area contributed by atoms with E-state index in [1.807, 2.05) is 0 Å². The molecule has 0 radical (unpaired) electrons. The molecule has 46 heavy (non-hydrogen) atoms. The van der Waals surface area contributed by atoms with E-state index in [-0.39, 0.29) is 55.4 Å². The van der Waals surface area contributed by atoms with Crippen LogP contribution in [0.15, 0.2) is 40.2 Å². The van der Waals surface area contributed by atoms with Gasteiger partial charge in [0.05, 0.1) is 22.1 Å². The van der Waals surface area contributed by atoms with Crippen molar-refractivity contribution in [3.63, 3.8) is 0 Å². The molecule has 0 spiro atoms. The van der Waals surface area contributed by atoms with E-state index >= 15 is 0 Å². The fourth-order valence-electron chi connectivity index (χ4n) is 6.98. The summed E-state index contributed by atoms with van der Waals surface area (Å²) in [7, 11) is 0. The Morgan fingerprint density at radius 2 is 1.61 bits per heavy atom. The predicted molar refractivity (Wildman–Crippen MR) is 182 cm³/mol. The number of hydrogen-bond acceptors (Lipinski definition) is 8. The molecule has 1 aromatic rings. The zero-order valence-corrected chi connectivity index (χ0v) is 29.5. The normalized spacial score (nSPS) is 31.5. The molecule has 8 atom stereocenters. The number of carbonyl (C=O) groups is 1. The summed E-state index contributed by atoms with van der Waals surface area (Å²) < 4.78 is 39.3. The van der Waals surface area contributed by atoms with Crippen LogP contribution in [0.3, 0.4) is 0 Å². The number of unbranched alkanes of at least 4 members (excludes halogenated alkanes) is 1. The van der Waals surface area contributed by atoms with Crippen LogP contribution in [0.1, 0.15) is 101 Å². The number of aliphatic carboxylic acids is 1. The monoisotopic (exact) mass is 724 g/mol. The van der Waals surface area contributed by atoms with E-state index in [4.69, 9.17) is 33.5 Å². The molecule has 3 saturated heterocycles. The van der Waals surface area contributed by atoms with Crippen molar-refractivity contribution in [2.24, 2.45) is 11.8 Å². The maximum absolute atomic E-state index is 11.0. The quantitative estimate of drug-likeness (QED) is 0.126. The van der Waals surface area contributed by atoms with Gasteiger partial charge in [-0.2, -0.15) is 0 Å². The van der Waals surface area contributed by atoms with Gasteiger partial charge in [-0.1, -0.05) is 24.3 Å². The summed E-state index contributed by atoms with van der Waals surface area (Å²) in [5, 5.41) is 9.04. The van der Waals surface area contributed by atoms with Crippen LogP contribution in [0.5, 0.6) is 0 Å². The number of ether oxygens (including phenoxy) is 6. The standard InChI is InChI=1S/C36H53BrO8S/c37-32-21-19-27(46-32)18-16-26(43-34-13-5-8-22-40-34)17-20-29-28(11-3-1-2-4-12-33(38)39)30(44-35-14-6-9-23-41-35)25-31(29)45-36-15-7-10-24-42-36/h1,3,17,19-21,26,28-31,34-36H,2,4-16,18,22-25H2,(H,38,39)/t26?,28-,29-,30+,31-,34+,35?,36?/m1/s1. The number of thiophene rings is 1. The van der Waals surface area contributed by atoms with Gasteiger partial charge >= 0.3 is 5.97 Å².